The van der Waals surface area contributed by atoms with Crippen molar-refractivity contribution in [3.05, 3.63) is 16.5 Å². The maximum absolute atomic E-state index is 12.3. The van der Waals surface area contributed by atoms with Crippen LogP contribution in [0.1, 0.15) is 30.3 Å². The van der Waals surface area contributed by atoms with Crippen LogP contribution in [-0.2, 0) is 21.2 Å². The molecule has 2 aromatic rings. The number of hydrogen-bond acceptors (Lipinski definition) is 8. The normalized spacial score (nSPS) is 13.0. The second-order valence-electron chi connectivity index (χ2n) is 4.84. The molecule has 126 valence electrons. The molecule has 0 bridgehead atoms. The molecule has 23 heavy (non-hydrogen) atoms. The summed E-state index contributed by atoms with van der Waals surface area (Å²) in [7, 11) is -3.91. The van der Waals surface area contributed by atoms with Crippen LogP contribution in [0.25, 0.3) is 0 Å². The maximum Gasteiger partial charge on any atom is 0.246 e. The molecule has 1 atom stereocenters. The van der Waals surface area contributed by atoms with Crippen molar-refractivity contribution in [2.75, 3.05) is 5.32 Å². The first kappa shape index (κ1) is 17.5. The van der Waals surface area contributed by atoms with Crippen LogP contribution >= 0.6 is 11.3 Å². The van der Waals surface area contributed by atoms with Crippen LogP contribution in [-0.4, -0.2) is 35.7 Å². The van der Waals surface area contributed by atoms with E-state index in [-0.39, 0.29) is 16.3 Å². The van der Waals surface area contributed by atoms with Gasteiger partial charge in [-0.1, -0.05) is 23.4 Å². The Hall–Kier alpha value is -1.85. The minimum Gasteiger partial charge on any atom is -0.360 e. The first-order valence-electron chi connectivity index (χ1n) is 6.83. The number of aryl methyl sites for hydroxylation is 3. The van der Waals surface area contributed by atoms with Gasteiger partial charge in [-0.05, 0) is 27.2 Å². The minimum atomic E-state index is -3.91. The van der Waals surface area contributed by atoms with Gasteiger partial charge >= 0.3 is 0 Å². The molecule has 1 amide bonds. The van der Waals surface area contributed by atoms with Gasteiger partial charge in [-0.25, -0.2) is 8.42 Å². The Labute approximate surface area is 137 Å². The Balaban J connectivity index is 2.08. The Morgan fingerprint density at radius 1 is 1.35 bits per heavy atom. The SMILES string of the molecule is CCc1nnc(NC(=O)[C@H](C)NS(=O)(=O)c2c(C)noc2C)s1. The molecule has 0 saturated heterocycles. The fourth-order valence-electron chi connectivity index (χ4n) is 1.86. The molecule has 0 aliphatic heterocycles. The summed E-state index contributed by atoms with van der Waals surface area (Å²) < 4.78 is 31.8. The van der Waals surface area contributed by atoms with Gasteiger partial charge in [0.15, 0.2) is 5.76 Å². The summed E-state index contributed by atoms with van der Waals surface area (Å²) >= 11 is 1.24. The van der Waals surface area contributed by atoms with Gasteiger partial charge in [0, 0.05) is 0 Å². The van der Waals surface area contributed by atoms with E-state index < -0.39 is 22.0 Å². The summed E-state index contributed by atoms with van der Waals surface area (Å²) in [4.78, 5) is 12.0. The molecule has 0 unspecified atom stereocenters. The van der Waals surface area contributed by atoms with Crippen molar-refractivity contribution in [3.8, 4) is 0 Å². The molecular weight excluding hydrogens is 342 g/mol. The third kappa shape index (κ3) is 3.92. The number of anilines is 1. The van der Waals surface area contributed by atoms with Crippen molar-refractivity contribution in [3.63, 3.8) is 0 Å². The van der Waals surface area contributed by atoms with Crippen LogP contribution in [0.2, 0.25) is 0 Å². The highest BCUT2D eigenvalue weighted by atomic mass is 32.2. The molecule has 2 rings (SSSR count). The molecule has 0 fully saturated rings. The highest BCUT2D eigenvalue weighted by Gasteiger charge is 2.28. The summed E-state index contributed by atoms with van der Waals surface area (Å²) in [5.41, 5.74) is 0.235. The summed E-state index contributed by atoms with van der Waals surface area (Å²) in [6, 6.07) is -0.998. The zero-order chi connectivity index (χ0) is 17.2. The van der Waals surface area contributed by atoms with Crippen LogP contribution in [0, 0.1) is 13.8 Å². The summed E-state index contributed by atoms with van der Waals surface area (Å²) in [5, 5.41) is 14.9. The van der Waals surface area contributed by atoms with Crippen molar-refractivity contribution in [1.29, 1.82) is 0 Å². The number of hydrogen-bond donors (Lipinski definition) is 2. The molecule has 0 radical (unpaired) electrons. The minimum absolute atomic E-state index is 0.0543. The van der Waals surface area contributed by atoms with E-state index in [9.17, 15) is 13.2 Å². The smallest absolute Gasteiger partial charge is 0.246 e. The molecule has 11 heteroatoms. The first-order valence-corrected chi connectivity index (χ1v) is 9.13. The lowest BCUT2D eigenvalue weighted by molar-refractivity contribution is -0.117. The van der Waals surface area contributed by atoms with E-state index >= 15 is 0 Å². The van der Waals surface area contributed by atoms with Gasteiger partial charge in [-0.3, -0.25) is 10.1 Å². The monoisotopic (exact) mass is 359 g/mol. The zero-order valence-electron chi connectivity index (χ0n) is 13.1. The fraction of sp³-hybridized carbons (Fsp3) is 0.500. The first-order chi connectivity index (χ1) is 10.7. The lowest BCUT2D eigenvalue weighted by Crippen LogP contribution is -2.41. The quantitative estimate of drug-likeness (QED) is 0.788. The third-order valence-electron chi connectivity index (χ3n) is 2.96. The fourth-order valence-corrected chi connectivity index (χ4v) is 4.08. The predicted octanol–water partition coefficient (Wildman–Crippen LogP) is 1.01. The number of amides is 1. The number of sulfonamides is 1. The molecular formula is C12H17N5O4S2. The van der Waals surface area contributed by atoms with Gasteiger partial charge in [0.25, 0.3) is 0 Å². The van der Waals surface area contributed by atoms with E-state index in [0.717, 1.165) is 5.01 Å². The van der Waals surface area contributed by atoms with Crippen molar-refractivity contribution in [2.45, 2.75) is 45.1 Å². The van der Waals surface area contributed by atoms with E-state index in [1.165, 1.54) is 32.1 Å². The molecule has 2 aromatic heterocycles. The van der Waals surface area contributed by atoms with Gasteiger partial charge in [0.1, 0.15) is 15.6 Å². The average Bonchev–Trinajstić information content (AvgIpc) is 3.05. The maximum atomic E-state index is 12.3. The van der Waals surface area contributed by atoms with E-state index in [1.54, 1.807) is 0 Å². The number of carbonyl (C=O) groups is 1. The third-order valence-corrected chi connectivity index (χ3v) is 5.73. The van der Waals surface area contributed by atoms with Crippen molar-refractivity contribution in [1.82, 2.24) is 20.1 Å². The number of rotatable bonds is 6. The van der Waals surface area contributed by atoms with Crippen molar-refractivity contribution in [2.24, 2.45) is 0 Å². The van der Waals surface area contributed by atoms with Crippen molar-refractivity contribution >= 4 is 32.4 Å². The van der Waals surface area contributed by atoms with E-state index in [2.05, 4.69) is 25.4 Å². The Morgan fingerprint density at radius 3 is 2.57 bits per heavy atom. The van der Waals surface area contributed by atoms with E-state index in [4.69, 9.17) is 4.52 Å². The second kappa shape index (κ2) is 6.72. The van der Waals surface area contributed by atoms with Crippen LogP contribution in [0.3, 0.4) is 0 Å². The van der Waals surface area contributed by atoms with Gasteiger partial charge in [0.2, 0.25) is 21.1 Å². The molecule has 9 nitrogen and oxygen atoms in total. The van der Waals surface area contributed by atoms with Crippen molar-refractivity contribution < 1.29 is 17.7 Å². The Kier molecular flexibility index (Phi) is 5.12. The zero-order valence-corrected chi connectivity index (χ0v) is 14.7. The number of nitrogens with zero attached hydrogens (tertiary/aromatic N) is 3. The topological polar surface area (TPSA) is 127 Å². The standard InChI is InChI=1S/C12H17N5O4S2/c1-5-9-14-15-12(22-9)13-11(18)7(3)17-23(19,20)10-6(2)16-21-8(10)4/h7,17H,5H2,1-4H3,(H,13,15,18)/t7-/m0/s1. The molecule has 2 N–H and O–H groups in total. The van der Waals surface area contributed by atoms with Crippen LogP contribution in [0.5, 0.6) is 0 Å². The number of nitrogens with one attached hydrogen (secondary N) is 2. The lowest BCUT2D eigenvalue weighted by Gasteiger charge is -2.12. The molecule has 0 aliphatic carbocycles. The summed E-state index contributed by atoms with van der Waals surface area (Å²) in [5.74, 6) is -0.363. The lowest BCUT2D eigenvalue weighted by atomic mass is 10.3. The van der Waals surface area contributed by atoms with Crippen LogP contribution < -0.4 is 10.0 Å². The second-order valence-corrected chi connectivity index (χ2v) is 7.55. The highest BCUT2D eigenvalue weighted by molar-refractivity contribution is 7.89. The highest BCUT2D eigenvalue weighted by Crippen LogP contribution is 2.19. The van der Waals surface area contributed by atoms with E-state index in [1.807, 2.05) is 6.92 Å². The molecule has 0 saturated carbocycles. The summed E-state index contributed by atoms with van der Waals surface area (Å²) in [6.07, 6.45) is 0.710. The van der Waals surface area contributed by atoms with Crippen LogP contribution in [0.4, 0.5) is 5.13 Å². The predicted molar refractivity (Wildman–Crippen MR) is 83.7 cm³/mol. The molecule has 2 heterocycles. The molecule has 0 aliphatic rings. The largest absolute Gasteiger partial charge is 0.360 e. The van der Waals surface area contributed by atoms with Gasteiger partial charge in [-0.2, -0.15) is 4.72 Å². The Bertz CT molecular complexity index is 792. The van der Waals surface area contributed by atoms with E-state index in [0.29, 0.717) is 11.6 Å². The molecule has 0 aromatic carbocycles. The van der Waals surface area contributed by atoms with Crippen LogP contribution in [0.15, 0.2) is 9.42 Å². The Morgan fingerprint density at radius 2 is 2.04 bits per heavy atom. The van der Waals surface area contributed by atoms with Gasteiger partial charge in [0.05, 0.1) is 6.04 Å². The number of aromatic nitrogens is 3. The summed E-state index contributed by atoms with van der Waals surface area (Å²) in [6.45, 7) is 6.37. The molecule has 0 spiro atoms. The van der Waals surface area contributed by atoms with Gasteiger partial charge in [-0.15, -0.1) is 10.2 Å². The van der Waals surface area contributed by atoms with Gasteiger partial charge < -0.3 is 4.52 Å². The number of carbonyl (C=O) groups excluding carboxylic acids is 1. The average molecular weight is 359 g/mol.